The summed E-state index contributed by atoms with van der Waals surface area (Å²) < 4.78 is 5.12. The first-order valence-corrected chi connectivity index (χ1v) is 9.95. The molecule has 1 fully saturated rings. The van der Waals surface area contributed by atoms with Gasteiger partial charge in [0.2, 0.25) is 0 Å². The molecule has 1 aromatic rings. The summed E-state index contributed by atoms with van der Waals surface area (Å²) in [6, 6.07) is 6.74. The third-order valence-corrected chi connectivity index (χ3v) is 4.85. The van der Waals surface area contributed by atoms with Crippen LogP contribution in [0.1, 0.15) is 62.4 Å². The first-order chi connectivity index (χ1) is 13.3. The van der Waals surface area contributed by atoms with E-state index in [1.807, 2.05) is 13.8 Å². The molecule has 28 heavy (non-hydrogen) atoms. The maximum absolute atomic E-state index is 12.1. The molecule has 1 saturated carbocycles. The van der Waals surface area contributed by atoms with Crippen LogP contribution in [0.2, 0.25) is 0 Å². The fourth-order valence-electron chi connectivity index (χ4n) is 3.25. The number of amides is 3. The number of carbonyl (C=O) groups excluding carboxylic acids is 3. The molecule has 1 aliphatic rings. The van der Waals surface area contributed by atoms with Crippen LogP contribution in [0, 0.1) is 5.92 Å². The zero-order chi connectivity index (χ0) is 20.5. The Balaban J connectivity index is 1.74. The van der Waals surface area contributed by atoms with Crippen molar-refractivity contribution in [2.24, 2.45) is 5.92 Å². The van der Waals surface area contributed by atoms with Crippen molar-refractivity contribution < 1.29 is 19.1 Å². The second-order valence-corrected chi connectivity index (χ2v) is 7.69. The van der Waals surface area contributed by atoms with Gasteiger partial charge in [0, 0.05) is 18.6 Å². The van der Waals surface area contributed by atoms with E-state index in [-0.39, 0.29) is 30.6 Å². The molecule has 0 unspecified atom stereocenters. The molecule has 0 bridgehead atoms. The number of benzene rings is 1. The lowest BCUT2D eigenvalue weighted by atomic mass is 9.86. The first-order valence-electron chi connectivity index (χ1n) is 9.95. The molecule has 0 saturated heterocycles. The minimum atomic E-state index is -0.538. The molecule has 2 atom stereocenters. The van der Waals surface area contributed by atoms with E-state index in [4.69, 9.17) is 4.74 Å². The molecular formula is C21H31N3O4. The van der Waals surface area contributed by atoms with Crippen LogP contribution < -0.4 is 16.0 Å². The lowest BCUT2D eigenvalue weighted by Gasteiger charge is -2.29. The Kier molecular flexibility index (Phi) is 8.29. The predicted octanol–water partition coefficient (Wildman–Crippen LogP) is 2.75. The van der Waals surface area contributed by atoms with Crippen LogP contribution in [0.15, 0.2) is 24.3 Å². The average molecular weight is 389 g/mol. The lowest BCUT2D eigenvalue weighted by molar-refractivity contribution is -0.125. The Morgan fingerprint density at radius 2 is 1.79 bits per heavy atom. The highest BCUT2D eigenvalue weighted by Gasteiger charge is 2.23. The number of esters is 1. The summed E-state index contributed by atoms with van der Waals surface area (Å²) in [5, 5.41) is 8.44. The van der Waals surface area contributed by atoms with Crippen molar-refractivity contribution in [1.82, 2.24) is 16.0 Å². The van der Waals surface area contributed by atoms with Crippen molar-refractivity contribution in [1.29, 1.82) is 0 Å². The molecule has 0 heterocycles. The Bertz CT molecular complexity index is 673. The molecular weight excluding hydrogens is 358 g/mol. The average Bonchev–Trinajstić information content (AvgIpc) is 2.66. The second kappa shape index (κ2) is 10.7. The number of rotatable bonds is 7. The summed E-state index contributed by atoms with van der Waals surface area (Å²) in [5.74, 6) is -0.342. The van der Waals surface area contributed by atoms with Crippen molar-refractivity contribution in [3.63, 3.8) is 0 Å². The van der Waals surface area contributed by atoms with Gasteiger partial charge in [-0.3, -0.25) is 4.79 Å². The Hall–Kier alpha value is -2.57. The molecule has 2 rings (SSSR count). The molecule has 7 nitrogen and oxygen atoms in total. The Morgan fingerprint density at radius 1 is 1.11 bits per heavy atom. The summed E-state index contributed by atoms with van der Waals surface area (Å²) in [4.78, 5) is 35.7. The minimum absolute atomic E-state index is 0.0654. The number of hydrogen-bond acceptors (Lipinski definition) is 4. The molecule has 7 heteroatoms. The van der Waals surface area contributed by atoms with Gasteiger partial charge < -0.3 is 20.7 Å². The normalized spacial score (nSPS) is 19.0. The molecule has 0 aromatic heterocycles. The first kappa shape index (κ1) is 21.7. The zero-order valence-corrected chi connectivity index (χ0v) is 16.9. The van der Waals surface area contributed by atoms with Gasteiger partial charge in [-0.05, 0) is 50.3 Å². The topological polar surface area (TPSA) is 96.5 Å². The van der Waals surface area contributed by atoms with Gasteiger partial charge in [-0.1, -0.05) is 31.9 Å². The summed E-state index contributed by atoms with van der Waals surface area (Å²) >= 11 is 0. The van der Waals surface area contributed by atoms with E-state index in [1.165, 1.54) is 6.42 Å². The van der Waals surface area contributed by atoms with Gasteiger partial charge in [-0.2, -0.15) is 0 Å². The fraction of sp³-hybridized carbons (Fsp3) is 0.571. The molecule has 1 aliphatic carbocycles. The number of carbonyl (C=O) groups is 3. The molecule has 3 amide bonds. The smallest absolute Gasteiger partial charge is 0.338 e. The molecule has 0 spiro atoms. The summed E-state index contributed by atoms with van der Waals surface area (Å²) in [6.07, 6.45) is 4.42. The van der Waals surface area contributed by atoms with Crippen LogP contribution in [-0.2, 0) is 16.1 Å². The maximum atomic E-state index is 12.1. The van der Waals surface area contributed by atoms with Crippen molar-refractivity contribution in [2.75, 3.05) is 6.61 Å². The van der Waals surface area contributed by atoms with Crippen molar-refractivity contribution in [3.05, 3.63) is 35.4 Å². The van der Waals surface area contributed by atoms with Gasteiger partial charge in [0.25, 0.3) is 5.91 Å². The van der Waals surface area contributed by atoms with Gasteiger partial charge >= 0.3 is 12.0 Å². The van der Waals surface area contributed by atoms with E-state index in [1.54, 1.807) is 24.3 Å². The number of ether oxygens (including phenoxy) is 1. The van der Waals surface area contributed by atoms with E-state index in [9.17, 15) is 14.4 Å². The molecule has 154 valence electrons. The predicted molar refractivity (Wildman–Crippen MR) is 107 cm³/mol. The van der Waals surface area contributed by atoms with E-state index in [0.717, 1.165) is 24.8 Å². The largest absolute Gasteiger partial charge is 0.452 e. The molecule has 1 aromatic carbocycles. The third kappa shape index (κ3) is 7.21. The number of hydrogen-bond donors (Lipinski definition) is 3. The molecule has 3 N–H and O–H groups in total. The highest BCUT2D eigenvalue weighted by Crippen LogP contribution is 2.23. The van der Waals surface area contributed by atoms with E-state index >= 15 is 0 Å². The standard InChI is InChI=1S/C21H31N3O4/c1-14(2)23-21(27)22-12-16-8-10-17(11-9-16)20(26)28-13-19(25)24-18-7-5-4-6-15(18)3/h8-11,14-15,18H,4-7,12-13H2,1-3H3,(H,24,25)(H2,22,23,27)/t15-,18-/m0/s1. The number of urea groups is 1. The Labute approximate surface area is 166 Å². The number of nitrogens with one attached hydrogen (secondary N) is 3. The molecule has 0 radical (unpaired) electrons. The van der Waals surface area contributed by atoms with E-state index in [2.05, 4.69) is 22.9 Å². The SMILES string of the molecule is CC(C)NC(=O)NCc1ccc(C(=O)OCC(=O)N[C@H]2CCCC[C@@H]2C)cc1. The third-order valence-electron chi connectivity index (χ3n) is 4.85. The summed E-state index contributed by atoms with van der Waals surface area (Å²) in [5.41, 5.74) is 1.23. The fourth-order valence-corrected chi connectivity index (χ4v) is 3.25. The van der Waals surface area contributed by atoms with Crippen molar-refractivity contribution in [3.8, 4) is 0 Å². The van der Waals surface area contributed by atoms with Crippen LogP contribution in [-0.4, -0.2) is 36.6 Å². The highest BCUT2D eigenvalue weighted by molar-refractivity contribution is 5.91. The van der Waals surface area contributed by atoms with Crippen LogP contribution in [0.3, 0.4) is 0 Å². The second-order valence-electron chi connectivity index (χ2n) is 7.69. The van der Waals surface area contributed by atoms with E-state index < -0.39 is 5.97 Å². The van der Waals surface area contributed by atoms with Crippen LogP contribution >= 0.6 is 0 Å². The maximum Gasteiger partial charge on any atom is 0.338 e. The zero-order valence-electron chi connectivity index (χ0n) is 16.9. The molecule has 0 aliphatic heterocycles. The van der Waals surface area contributed by atoms with Gasteiger partial charge in [0.05, 0.1) is 5.56 Å². The van der Waals surface area contributed by atoms with Crippen molar-refractivity contribution in [2.45, 2.75) is 65.1 Å². The van der Waals surface area contributed by atoms with Gasteiger partial charge in [-0.15, -0.1) is 0 Å². The monoisotopic (exact) mass is 389 g/mol. The van der Waals surface area contributed by atoms with Crippen LogP contribution in [0.25, 0.3) is 0 Å². The van der Waals surface area contributed by atoms with Gasteiger partial charge in [-0.25, -0.2) is 9.59 Å². The van der Waals surface area contributed by atoms with Gasteiger partial charge in [0.15, 0.2) is 6.61 Å². The summed E-state index contributed by atoms with van der Waals surface area (Å²) in [6.45, 7) is 5.99. The minimum Gasteiger partial charge on any atom is -0.452 e. The van der Waals surface area contributed by atoms with Crippen LogP contribution in [0.4, 0.5) is 4.79 Å². The summed E-state index contributed by atoms with van der Waals surface area (Å²) in [7, 11) is 0. The lowest BCUT2D eigenvalue weighted by Crippen LogP contribution is -2.42. The van der Waals surface area contributed by atoms with Crippen LogP contribution in [0.5, 0.6) is 0 Å². The Morgan fingerprint density at radius 3 is 2.43 bits per heavy atom. The van der Waals surface area contributed by atoms with Gasteiger partial charge in [0.1, 0.15) is 0 Å². The van der Waals surface area contributed by atoms with Crippen molar-refractivity contribution >= 4 is 17.9 Å². The quantitative estimate of drug-likeness (QED) is 0.625. The highest BCUT2D eigenvalue weighted by atomic mass is 16.5. The van der Waals surface area contributed by atoms with E-state index in [0.29, 0.717) is 18.0 Å².